The number of nitrogens with one attached hydrogen (secondary N) is 2. The fraction of sp³-hybridized carbons (Fsp3) is 0.542. The third kappa shape index (κ3) is 11.5. The van der Waals surface area contributed by atoms with Gasteiger partial charge in [-0.2, -0.15) is 9.97 Å². The Morgan fingerprint density at radius 3 is 2.61 bits per heavy atom. The van der Waals surface area contributed by atoms with Crippen LogP contribution < -0.4 is 21.1 Å². The molecule has 2 rings (SSSR count). The van der Waals surface area contributed by atoms with Gasteiger partial charge in [-0.1, -0.05) is 36.0 Å². The van der Waals surface area contributed by atoms with E-state index in [2.05, 4.69) is 52.0 Å². The van der Waals surface area contributed by atoms with Gasteiger partial charge in [-0.05, 0) is 59.5 Å². The van der Waals surface area contributed by atoms with Crippen LogP contribution in [0.25, 0.3) is 0 Å². The molecule has 1 aliphatic heterocycles. The van der Waals surface area contributed by atoms with Crippen molar-refractivity contribution in [1.29, 1.82) is 0 Å². The van der Waals surface area contributed by atoms with E-state index in [1.54, 1.807) is 0 Å². The summed E-state index contributed by atoms with van der Waals surface area (Å²) in [6.07, 6.45) is 10.7. The number of rotatable bonds is 13. The van der Waals surface area contributed by atoms with E-state index in [9.17, 15) is 4.79 Å². The van der Waals surface area contributed by atoms with Gasteiger partial charge in [0.15, 0.2) is 11.6 Å². The predicted molar refractivity (Wildman–Crippen MR) is 135 cm³/mol. The van der Waals surface area contributed by atoms with Gasteiger partial charge in [0, 0.05) is 19.7 Å². The van der Waals surface area contributed by atoms with Crippen LogP contribution in [0, 0.1) is 0 Å². The number of hydrogen-bond acceptors (Lipinski definition) is 8. The molecule has 33 heavy (non-hydrogen) atoms. The van der Waals surface area contributed by atoms with Crippen molar-refractivity contribution in [1.82, 2.24) is 14.9 Å². The van der Waals surface area contributed by atoms with Crippen molar-refractivity contribution in [2.24, 2.45) is 0 Å². The number of aromatic nitrogens is 2. The van der Waals surface area contributed by atoms with E-state index < -0.39 is 0 Å². The van der Waals surface area contributed by atoms with Gasteiger partial charge in [-0.3, -0.25) is 9.69 Å². The number of likely N-dealkylation sites (tertiary alicyclic amines) is 1. The maximum absolute atomic E-state index is 10.5. The standard InChI is InChI=1S/C13H21N.C11H19N5O3/c1-4-7-12(2)10-13(3)11-14-8-5-6-9-14;1-2-13-10-8(14-7-18)9(12)15-11(16-10)19-6-4-3-5-17/h4,7,10H,1,5-6,8-9,11H2,2-3H3;7,17H,2-6H2,1H3,(H,14,18)(H3,12,13,15,16)/b12-7-,13-10+;. The minimum Gasteiger partial charge on any atom is -0.463 e. The number of nitrogens with zero attached hydrogens (tertiary/aromatic N) is 3. The summed E-state index contributed by atoms with van der Waals surface area (Å²) in [5.41, 5.74) is 8.80. The smallest absolute Gasteiger partial charge is 0.320 e. The zero-order valence-corrected chi connectivity index (χ0v) is 20.3. The molecule has 0 bridgehead atoms. The zero-order valence-electron chi connectivity index (χ0n) is 20.3. The van der Waals surface area contributed by atoms with Crippen molar-refractivity contribution < 1.29 is 14.6 Å². The molecule has 0 spiro atoms. The number of carbonyl (C=O) groups excluding carboxylic acids is 1. The molecular weight excluding hydrogens is 420 g/mol. The summed E-state index contributed by atoms with van der Waals surface area (Å²) in [5.74, 6) is 0.550. The lowest BCUT2D eigenvalue weighted by Crippen LogP contribution is -2.21. The molecule has 9 heteroatoms. The maximum atomic E-state index is 10.5. The van der Waals surface area contributed by atoms with Gasteiger partial charge in [-0.25, -0.2) is 0 Å². The number of allylic oxidation sites excluding steroid dienone is 4. The molecule has 0 atom stereocenters. The van der Waals surface area contributed by atoms with E-state index in [1.807, 2.05) is 19.1 Å². The lowest BCUT2D eigenvalue weighted by molar-refractivity contribution is -0.105. The fourth-order valence-electron chi connectivity index (χ4n) is 3.36. The first-order valence-electron chi connectivity index (χ1n) is 11.5. The van der Waals surface area contributed by atoms with Crippen LogP contribution >= 0.6 is 0 Å². The number of aliphatic hydroxyl groups is 1. The summed E-state index contributed by atoms with van der Waals surface area (Å²) in [6, 6.07) is 0.142. The van der Waals surface area contributed by atoms with Crippen LogP contribution in [0.4, 0.5) is 17.3 Å². The second-order valence-corrected chi connectivity index (χ2v) is 7.81. The van der Waals surface area contributed by atoms with Crippen LogP contribution in [0.2, 0.25) is 0 Å². The number of carbonyl (C=O) groups is 1. The van der Waals surface area contributed by atoms with Crippen LogP contribution in [0.1, 0.15) is 46.5 Å². The maximum Gasteiger partial charge on any atom is 0.320 e. The Kier molecular flexibility index (Phi) is 14.2. The molecule has 0 aliphatic carbocycles. The van der Waals surface area contributed by atoms with E-state index in [0.29, 0.717) is 43.9 Å². The molecule has 0 radical (unpaired) electrons. The Morgan fingerprint density at radius 2 is 2.00 bits per heavy atom. The van der Waals surface area contributed by atoms with Crippen molar-refractivity contribution in [2.75, 3.05) is 55.8 Å². The second kappa shape index (κ2) is 16.7. The molecule has 1 aliphatic rings. The third-order valence-electron chi connectivity index (χ3n) is 4.77. The molecule has 1 aromatic heterocycles. The van der Waals surface area contributed by atoms with Crippen molar-refractivity contribution in [3.8, 4) is 6.01 Å². The van der Waals surface area contributed by atoms with E-state index >= 15 is 0 Å². The average molecular weight is 461 g/mol. The first kappa shape index (κ1) is 28.1. The van der Waals surface area contributed by atoms with Crippen LogP contribution in [0.3, 0.4) is 0 Å². The Bertz CT molecular complexity index is 789. The van der Waals surface area contributed by atoms with Crippen molar-refractivity contribution >= 4 is 23.7 Å². The number of nitrogens with two attached hydrogens (primary N) is 1. The minimum atomic E-state index is 0.122. The second-order valence-electron chi connectivity index (χ2n) is 7.81. The summed E-state index contributed by atoms with van der Waals surface area (Å²) < 4.78 is 5.34. The van der Waals surface area contributed by atoms with Crippen molar-refractivity contribution in [3.05, 3.63) is 36.0 Å². The number of anilines is 3. The van der Waals surface area contributed by atoms with Gasteiger partial charge in [0.1, 0.15) is 5.69 Å². The molecule has 9 nitrogen and oxygen atoms in total. The topological polar surface area (TPSA) is 126 Å². The molecule has 2 heterocycles. The summed E-state index contributed by atoms with van der Waals surface area (Å²) in [7, 11) is 0. The van der Waals surface area contributed by atoms with Gasteiger partial charge in [0.2, 0.25) is 6.41 Å². The van der Waals surface area contributed by atoms with Crippen molar-refractivity contribution in [3.63, 3.8) is 0 Å². The summed E-state index contributed by atoms with van der Waals surface area (Å²) in [5, 5.41) is 14.1. The van der Waals surface area contributed by atoms with E-state index in [0.717, 1.165) is 6.54 Å². The Hall–Kier alpha value is -2.91. The molecular formula is C24H40N6O3. The molecule has 1 aromatic rings. The van der Waals surface area contributed by atoms with Crippen LogP contribution in [0.5, 0.6) is 6.01 Å². The lowest BCUT2D eigenvalue weighted by Gasteiger charge is -2.14. The lowest BCUT2D eigenvalue weighted by atomic mass is 10.1. The highest BCUT2D eigenvalue weighted by Gasteiger charge is 2.12. The molecule has 0 saturated carbocycles. The van der Waals surface area contributed by atoms with Crippen molar-refractivity contribution in [2.45, 2.75) is 46.5 Å². The van der Waals surface area contributed by atoms with E-state index in [4.69, 9.17) is 15.6 Å². The summed E-state index contributed by atoms with van der Waals surface area (Å²) in [6.45, 7) is 14.7. The van der Waals surface area contributed by atoms with Gasteiger partial charge in [0.05, 0.1) is 6.61 Å². The van der Waals surface area contributed by atoms with Gasteiger partial charge in [0.25, 0.3) is 0 Å². The molecule has 5 N–H and O–H groups in total. The summed E-state index contributed by atoms with van der Waals surface area (Å²) >= 11 is 0. The third-order valence-corrected chi connectivity index (χ3v) is 4.77. The highest BCUT2D eigenvalue weighted by atomic mass is 16.5. The number of aliphatic hydroxyl groups excluding tert-OH is 1. The van der Waals surface area contributed by atoms with Crippen LogP contribution in [-0.2, 0) is 4.79 Å². The van der Waals surface area contributed by atoms with Crippen LogP contribution in [-0.4, -0.2) is 65.8 Å². The predicted octanol–water partition coefficient (Wildman–Crippen LogP) is 3.37. The van der Waals surface area contributed by atoms with E-state index in [1.165, 1.54) is 37.1 Å². The molecule has 1 fully saturated rings. The largest absolute Gasteiger partial charge is 0.463 e. The Balaban J connectivity index is 0.000000346. The van der Waals surface area contributed by atoms with Gasteiger partial charge >= 0.3 is 6.01 Å². The monoisotopic (exact) mass is 460 g/mol. The number of amides is 1. The number of ether oxygens (including phenoxy) is 1. The number of unbranched alkanes of at least 4 members (excludes halogenated alkanes) is 1. The zero-order chi connectivity index (χ0) is 24.5. The SMILES string of the molecule is C=C/C=C(C)\C=C(/C)CN1CCCC1.CCNc1nc(OCCCCO)nc(N)c1NC=O. The van der Waals surface area contributed by atoms with E-state index in [-0.39, 0.29) is 18.4 Å². The first-order valence-corrected chi connectivity index (χ1v) is 11.5. The highest BCUT2D eigenvalue weighted by Crippen LogP contribution is 2.26. The molecule has 1 amide bonds. The first-order chi connectivity index (χ1) is 15.9. The highest BCUT2D eigenvalue weighted by molar-refractivity contribution is 5.85. The van der Waals surface area contributed by atoms with Gasteiger partial charge in [-0.15, -0.1) is 0 Å². The molecule has 184 valence electrons. The Morgan fingerprint density at radius 1 is 1.27 bits per heavy atom. The fourth-order valence-corrected chi connectivity index (χ4v) is 3.36. The normalized spacial score (nSPS) is 14.3. The number of nitrogen functional groups attached to an aromatic ring is 1. The molecule has 0 aromatic carbocycles. The quantitative estimate of drug-likeness (QED) is 0.201. The van der Waals surface area contributed by atoms with Gasteiger partial charge < -0.3 is 26.2 Å². The Labute approximate surface area is 197 Å². The molecule has 0 unspecified atom stereocenters. The summed E-state index contributed by atoms with van der Waals surface area (Å²) in [4.78, 5) is 21.1. The number of hydrogen-bond donors (Lipinski definition) is 4. The van der Waals surface area contributed by atoms with Crippen LogP contribution in [0.15, 0.2) is 36.0 Å². The average Bonchev–Trinajstić information content (AvgIpc) is 3.27. The molecule has 1 saturated heterocycles. The minimum absolute atomic E-state index is 0.122.